The molecule has 0 fully saturated rings. The van der Waals surface area contributed by atoms with Crippen LogP contribution in [-0.4, -0.2) is 19.0 Å². The maximum Gasteiger partial charge on any atom is 0.250 e. The van der Waals surface area contributed by atoms with Crippen molar-refractivity contribution in [2.75, 3.05) is 6.54 Å². The fraction of sp³-hybridized carbons (Fsp3) is 0.500. The highest BCUT2D eigenvalue weighted by molar-refractivity contribution is 5.14. The summed E-state index contributed by atoms with van der Waals surface area (Å²) < 4.78 is 23.8. The molecule has 0 amide bonds. The molecule has 0 radical (unpaired) electrons. The minimum Gasteiger partial charge on any atom is -0.309 e. The Kier molecular flexibility index (Phi) is 5.26. The Labute approximate surface area is 89.5 Å². The Hall–Kier alpha value is -0.960. The van der Waals surface area contributed by atoms with Crippen molar-refractivity contribution in [2.45, 2.75) is 32.2 Å². The van der Waals surface area contributed by atoms with Crippen LogP contribution in [0.25, 0.3) is 0 Å². The van der Waals surface area contributed by atoms with Crippen molar-refractivity contribution in [3.8, 4) is 0 Å². The van der Waals surface area contributed by atoms with E-state index in [4.69, 9.17) is 0 Å². The van der Waals surface area contributed by atoms with Gasteiger partial charge in [0.2, 0.25) is 0 Å². The molecule has 0 aliphatic rings. The Morgan fingerprint density at radius 1 is 1.20 bits per heavy atom. The van der Waals surface area contributed by atoms with Crippen LogP contribution in [0.4, 0.5) is 8.78 Å². The first-order chi connectivity index (χ1) is 7.18. The van der Waals surface area contributed by atoms with E-state index in [1.165, 1.54) is 5.56 Å². The Bertz CT molecular complexity index is 262. The summed E-state index contributed by atoms with van der Waals surface area (Å²) in [4.78, 5) is 0. The van der Waals surface area contributed by atoms with Crippen LogP contribution in [0.2, 0.25) is 0 Å². The molecule has 1 nitrogen and oxygen atoms in total. The van der Waals surface area contributed by atoms with Gasteiger partial charge in [0.15, 0.2) is 0 Å². The lowest BCUT2D eigenvalue weighted by Gasteiger charge is -2.13. The molecular formula is C12H17F2N. The van der Waals surface area contributed by atoms with Crippen molar-refractivity contribution >= 4 is 0 Å². The van der Waals surface area contributed by atoms with Crippen LogP contribution < -0.4 is 5.32 Å². The van der Waals surface area contributed by atoms with Crippen LogP contribution in [0.5, 0.6) is 0 Å². The number of nitrogens with one attached hydrogen (secondary N) is 1. The van der Waals surface area contributed by atoms with Crippen molar-refractivity contribution in [1.29, 1.82) is 0 Å². The summed E-state index contributed by atoms with van der Waals surface area (Å²) in [6.07, 6.45) is -0.446. The summed E-state index contributed by atoms with van der Waals surface area (Å²) in [6.45, 7) is 1.72. The second-order valence-corrected chi connectivity index (χ2v) is 3.72. The SMILES string of the molecule is CC(CCc1ccccc1)NCC(F)F. The van der Waals surface area contributed by atoms with Crippen molar-refractivity contribution in [3.05, 3.63) is 35.9 Å². The fourth-order valence-electron chi connectivity index (χ4n) is 1.42. The van der Waals surface area contributed by atoms with Crippen LogP contribution in [0.3, 0.4) is 0 Å². The lowest BCUT2D eigenvalue weighted by molar-refractivity contribution is 0.141. The smallest absolute Gasteiger partial charge is 0.250 e. The van der Waals surface area contributed by atoms with Gasteiger partial charge in [-0.05, 0) is 25.3 Å². The monoisotopic (exact) mass is 213 g/mol. The normalized spacial score (nSPS) is 13.1. The van der Waals surface area contributed by atoms with Gasteiger partial charge in [-0.2, -0.15) is 0 Å². The van der Waals surface area contributed by atoms with Crippen LogP contribution in [0.15, 0.2) is 30.3 Å². The second-order valence-electron chi connectivity index (χ2n) is 3.72. The molecule has 0 aliphatic carbocycles. The Morgan fingerprint density at radius 2 is 1.87 bits per heavy atom. The first-order valence-electron chi connectivity index (χ1n) is 5.24. The molecule has 1 aromatic carbocycles. The third-order valence-electron chi connectivity index (χ3n) is 2.33. The molecule has 0 saturated heterocycles. The molecule has 1 unspecified atom stereocenters. The standard InChI is InChI=1S/C12H17F2N/c1-10(15-9-12(13)14)7-8-11-5-3-2-4-6-11/h2-6,10,12,15H,7-9H2,1H3. The predicted molar refractivity (Wildman–Crippen MR) is 58.2 cm³/mol. The van der Waals surface area contributed by atoms with Gasteiger partial charge in [0.05, 0.1) is 6.54 Å². The van der Waals surface area contributed by atoms with Crippen molar-refractivity contribution < 1.29 is 8.78 Å². The van der Waals surface area contributed by atoms with Gasteiger partial charge in [0.1, 0.15) is 0 Å². The molecule has 1 N–H and O–H groups in total. The number of aryl methyl sites for hydroxylation is 1. The van der Waals surface area contributed by atoms with Crippen LogP contribution in [0.1, 0.15) is 18.9 Å². The number of hydrogen-bond acceptors (Lipinski definition) is 1. The van der Waals surface area contributed by atoms with Crippen LogP contribution >= 0.6 is 0 Å². The van der Waals surface area contributed by atoms with Gasteiger partial charge < -0.3 is 5.32 Å². The number of halogens is 2. The molecule has 1 rings (SSSR count). The summed E-state index contributed by atoms with van der Waals surface area (Å²) in [6, 6.07) is 10.2. The molecule has 1 aromatic rings. The van der Waals surface area contributed by atoms with Crippen molar-refractivity contribution in [3.63, 3.8) is 0 Å². The maximum atomic E-state index is 11.9. The number of alkyl halides is 2. The Balaban J connectivity index is 2.19. The van der Waals surface area contributed by atoms with E-state index in [1.54, 1.807) is 0 Å². The first-order valence-corrected chi connectivity index (χ1v) is 5.24. The van der Waals surface area contributed by atoms with Gasteiger partial charge in [0.25, 0.3) is 6.43 Å². The zero-order chi connectivity index (χ0) is 11.1. The summed E-state index contributed by atoms with van der Waals surface area (Å²) in [5.41, 5.74) is 1.25. The number of hydrogen-bond donors (Lipinski definition) is 1. The zero-order valence-electron chi connectivity index (χ0n) is 8.92. The van der Waals surface area contributed by atoms with Crippen molar-refractivity contribution in [2.24, 2.45) is 0 Å². The van der Waals surface area contributed by atoms with Crippen LogP contribution in [-0.2, 0) is 6.42 Å². The molecule has 0 aromatic heterocycles. The lowest BCUT2D eigenvalue weighted by atomic mass is 10.1. The summed E-state index contributed by atoms with van der Waals surface area (Å²) in [7, 11) is 0. The van der Waals surface area contributed by atoms with E-state index >= 15 is 0 Å². The molecule has 84 valence electrons. The first kappa shape index (κ1) is 12.1. The topological polar surface area (TPSA) is 12.0 Å². The largest absolute Gasteiger partial charge is 0.309 e. The highest BCUT2D eigenvalue weighted by Gasteiger charge is 2.06. The van der Waals surface area contributed by atoms with Gasteiger partial charge in [-0.1, -0.05) is 30.3 Å². The zero-order valence-corrected chi connectivity index (χ0v) is 8.92. The van der Waals surface area contributed by atoms with Crippen molar-refractivity contribution in [1.82, 2.24) is 5.32 Å². The molecule has 3 heteroatoms. The fourth-order valence-corrected chi connectivity index (χ4v) is 1.42. The summed E-state index contributed by atoms with van der Waals surface area (Å²) in [5, 5.41) is 2.80. The van der Waals surface area contributed by atoms with Crippen LogP contribution in [0, 0.1) is 0 Å². The third kappa shape index (κ3) is 5.47. The molecule has 15 heavy (non-hydrogen) atoms. The molecule has 1 atom stereocenters. The second kappa shape index (κ2) is 6.51. The molecular weight excluding hydrogens is 196 g/mol. The molecule has 0 aliphatic heterocycles. The maximum absolute atomic E-state index is 11.9. The minimum absolute atomic E-state index is 0.138. The molecule has 0 saturated carbocycles. The lowest BCUT2D eigenvalue weighted by Crippen LogP contribution is -2.30. The highest BCUT2D eigenvalue weighted by Crippen LogP contribution is 2.04. The van der Waals surface area contributed by atoms with E-state index in [0.29, 0.717) is 0 Å². The van der Waals surface area contributed by atoms with Gasteiger partial charge in [0, 0.05) is 6.04 Å². The summed E-state index contributed by atoms with van der Waals surface area (Å²) in [5.74, 6) is 0. The summed E-state index contributed by atoms with van der Waals surface area (Å²) >= 11 is 0. The Morgan fingerprint density at radius 3 is 2.47 bits per heavy atom. The quantitative estimate of drug-likeness (QED) is 0.766. The van der Waals surface area contributed by atoms with E-state index in [2.05, 4.69) is 17.4 Å². The van der Waals surface area contributed by atoms with Gasteiger partial charge in [-0.3, -0.25) is 0 Å². The molecule has 0 bridgehead atoms. The van der Waals surface area contributed by atoms with Gasteiger partial charge in [-0.15, -0.1) is 0 Å². The minimum atomic E-state index is -2.26. The molecule has 0 spiro atoms. The van der Waals surface area contributed by atoms with E-state index in [-0.39, 0.29) is 12.6 Å². The van der Waals surface area contributed by atoms with E-state index < -0.39 is 6.43 Å². The number of benzene rings is 1. The van der Waals surface area contributed by atoms with Gasteiger partial charge in [-0.25, -0.2) is 8.78 Å². The van der Waals surface area contributed by atoms with E-state index in [9.17, 15) is 8.78 Å². The van der Waals surface area contributed by atoms with Gasteiger partial charge >= 0.3 is 0 Å². The van der Waals surface area contributed by atoms with E-state index in [0.717, 1.165) is 12.8 Å². The third-order valence-corrected chi connectivity index (χ3v) is 2.33. The molecule has 0 heterocycles. The average Bonchev–Trinajstić information content (AvgIpc) is 2.25. The highest BCUT2D eigenvalue weighted by atomic mass is 19.3. The predicted octanol–water partition coefficient (Wildman–Crippen LogP) is 2.86. The number of rotatable bonds is 6. The van der Waals surface area contributed by atoms with E-state index in [1.807, 2.05) is 25.1 Å². The average molecular weight is 213 g/mol.